The normalized spacial score (nSPS) is 18.7. The fourth-order valence-corrected chi connectivity index (χ4v) is 3.81. The summed E-state index contributed by atoms with van der Waals surface area (Å²) in [6.45, 7) is 8.67. The summed E-state index contributed by atoms with van der Waals surface area (Å²) < 4.78 is 10.9. The third-order valence-corrected chi connectivity index (χ3v) is 5.42. The number of likely N-dealkylation sites (tertiary alicyclic amines) is 1. The Morgan fingerprint density at radius 2 is 1.86 bits per heavy atom. The molecule has 1 aromatic rings. The Labute approximate surface area is 167 Å². The Morgan fingerprint density at radius 3 is 2.57 bits per heavy atom. The average Bonchev–Trinajstić information content (AvgIpc) is 2.74. The number of benzene rings is 1. The highest BCUT2D eigenvalue weighted by Crippen LogP contribution is 2.20. The van der Waals surface area contributed by atoms with Crippen LogP contribution in [0.2, 0.25) is 0 Å². The van der Waals surface area contributed by atoms with E-state index >= 15 is 0 Å². The number of hydrogen-bond acceptors (Lipinski definition) is 5. The second kappa shape index (κ2) is 10.4. The van der Waals surface area contributed by atoms with Crippen LogP contribution in [-0.4, -0.2) is 80.7 Å². The van der Waals surface area contributed by atoms with Crippen molar-refractivity contribution < 1.29 is 19.1 Å². The average molecular weight is 389 g/mol. The van der Waals surface area contributed by atoms with E-state index in [1.165, 1.54) is 0 Å². The predicted molar refractivity (Wildman–Crippen MR) is 107 cm³/mol. The van der Waals surface area contributed by atoms with Crippen LogP contribution in [0.25, 0.3) is 0 Å². The lowest BCUT2D eigenvalue weighted by molar-refractivity contribution is -0.131. The van der Waals surface area contributed by atoms with E-state index < -0.39 is 0 Å². The van der Waals surface area contributed by atoms with Gasteiger partial charge < -0.3 is 19.7 Å². The molecule has 1 N–H and O–H groups in total. The molecule has 2 amide bonds. The van der Waals surface area contributed by atoms with Crippen molar-refractivity contribution in [3.8, 4) is 5.75 Å². The fraction of sp³-hybridized carbons (Fsp3) is 0.619. The van der Waals surface area contributed by atoms with Gasteiger partial charge in [-0.15, -0.1) is 0 Å². The molecule has 2 aliphatic heterocycles. The van der Waals surface area contributed by atoms with Gasteiger partial charge >= 0.3 is 0 Å². The maximum atomic E-state index is 12.5. The van der Waals surface area contributed by atoms with Gasteiger partial charge in [0.25, 0.3) is 5.91 Å². The first-order chi connectivity index (χ1) is 13.7. The van der Waals surface area contributed by atoms with Crippen LogP contribution in [0.4, 0.5) is 0 Å². The molecule has 154 valence electrons. The quantitative estimate of drug-likeness (QED) is 0.763. The van der Waals surface area contributed by atoms with Crippen LogP contribution < -0.4 is 10.1 Å². The Hall–Kier alpha value is -2.12. The van der Waals surface area contributed by atoms with Crippen LogP contribution in [0, 0.1) is 5.92 Å². The van der Waals surface area contributed by atoms with E-state index in [4.69, 9.17) is 9.47 Å². The van der Waals surface area contributed by atoms with E-state index in [1.54, 1.807) is 18.2 Å². The molecule has 7 nitrogen and oxygen atoms in total. The largest absolute Gasteiger partial charge is 0.493 e. The van der Waals surface area contributed by atoms with Crippen LogP contribution >= 0.6 is 0 Å². The van der Waals surface area contributed by atoms with E-state index in [-0.39, 0.29) is 18.4 Å². The number of rotatable bonds is 7. The summed E-state index contributed by atoms with van der Waals surface area (Å²) in [5.41, 5.74) is 0.460. The number of carbonyl (C=O) groups is 2. The first-order valence-corrected chi connectivity index (χ1v) is 10.2. The first-order valence-electron chi connectivity index (χ1n) is 10.2. The van der Waals surface area contributed by atoms with Gasteiger partial charge in [-0.25, -0.2) is 0 Å². The molecule has 2 aliphatic rings. The Morgan fingerprint density at radius 1 is 1.14 bits per heavy atom. The van der Waals surface area contributed by atoms with Crippen molar-refractivity contribution in [2.24, 2.45) is 5.92 Å². The molecule has 0 radical (unpaired) electrons. The second-order valence-corrected chi connectivity index (χ2v) is 7.35. The van der Waals surface area contributed by atoms with Gasteiger partial charge in [-0.2, -0.15) is 0 Å². The monoisotopic (exact) mass is 389 g/mol. The smallest absolute Gasteiger partial charge is 0.255 e. The Bertz CT molecular complexity index is 653. The molecule has 2 heterocycles. The number of morpholine rings is 1. The molecule has 2 saturated heterocycles. The third kappa shape index (κ3) is 5.69. The van der Waals surface area contributed by atoms with Gasteiger partial charge in [0, 0.05) is 32.7 Å². The molecule has 0 saturated carbocycles. The van der Waals surface area contributed by atoms with E-state index in [2.05, 4.69) is 10.2 Å². The zero-order valence-corrected chi connectivity index (χ0v) is 16.7. The van der Waals surface area contributed by atoms with Gasteiger partial charge in [-0.05, 0) is 37.8 Å². The summed E-state index contributed by atoms with van der Waals surface area (Å²) in [4.78, 5) is 29.2. The summed E-state index contributed by atoms with van der Waals surface area (Å²) in [5, 5.41) is 2.74. The summed E-state index contributed by atoms with van der Waals surface area (Å²) >= 11 is 0. The fourth-order valence-electron chi connectivity index (χ4n) is 3.81. The van der Waals surface area contributed by atoms with Gasteiger partial charge in [0.15, 0.2) is 0 Å². The van der Waals surface area contributed by atoms with Crippen molar-refractivity contribution >= 4 is 11.8 Å². The number of ether oxygens (including phenoxy) is 2. The van der Waals surface area contributed by atoms with Crippen LogP contribution in [0.5, 0.6) is 5.75 Å². The van der Waals surface area contributed by atoms with Gasteiger partial charge in [-0.3, -0.25) is 14.5 Å². The van der Waals surface area contributed by atoms with Crippen molar-refractivity contribution in [3.63, 3.8) is 0 Å². The van der Waals surface area contributed by atoms with Crippen LogP contribution in [0.15, 0.2) is 24.3 Å². The molecule has 0 atom stereocenters. The molecule has 7 heteroatoms. The van der Waals surface area contributed by atoms with Gasteiger partial charge in [0.05, 0.1) is 31.9 Å². The number of nitrogens with one attached hydrogen (secondary N) is 1. The molecule has 2 fully saturated rings. The zero-order valence-electron chi connectivity index (χ0n) is 16.7. The topological polar surface area (TPSA) is 71.1 Å². The van der Waals surface area contributed by atoms with E-state index in [0.29, 0.717) is 23.8 Å². The predicted octanol–water partition coefficient (Wildman–Crippen LogP) is 1.39. The minimum Gasteiger partial charge on any atom is -0.493 e. The third-order valence-electron chi connectivity index (χ3n) is 5.42. The highest BCUT2D eigenvalue weighted by molar-refractivity contribution is 5.98. The molecule has 0 aromatic heterocycles. The van der Waals surface area contributed by atoms with E-state index in [0.717, 1.165) is 58.8 Å². The van der Waals surface area contributed by atoms with E-state index in [9.17, 15) is 9.59 Å². The number of para-hydroxylation sites is 1. The number of piperidine rings is 1. The maximum Gasteiger partial charge on any atom is 0.255 e. The number of hydrogen-bond donors (Lipinski definition) is 1. The van der Waals surface area contributed by atoms with Crippen molar-refractivity contribution in [1.82, 2.24) is 15.1 Å². The van der Waals surface area contributed by atoms with E-state index in [1.807, 2.05) is 17.9 Å². The lowest BCUT2D eigenvalue weighted by Gasteiger charge is -2.36. The maximum absolute atomic E-state index is 12.5. The number of carbonyl (C=O) groups excluding carboxylic acids is 2. The second-order valence-electron chi connectivity index (χ2n) is 7.35. The minimum absolute atomic E-state index is 0.0212. The summed E-state index contributed by atoms with van der Waals surface area (Å²) in [6, 6.07) is 7.09. The van der Waals surface area contributed by atoms with Crippen molar-refractivity contribution in [2.75, 3.05) is 59.1 Å². The van der Waals surface area contributed by atoms with Crippen LogP contribution in [0.1, 0.15) is 30.1 Å². The van der Waals surface area contributed by atoms with Crippen LogP contribution in [0.3, 0.4) is 0 Å². The molecular weight excluding hydrogens is 358 g/mol. The molecule has 0 bridgehead atoms. The van der Waals surface area contributed by atoms with Gasteiger partial charge in [0.2, 0.25) is 5.91 Å². The Kier molecular flexibility index (Phi) is 7.68. The number of amides is 2. The van der Waals surface area contributed by atoms with Gasteiger partial charge in [-0.1, -0.05) is 12.1 Å². The molecule has 28 heavy (non-hydrogen) atoms. The van der Waals surface area contributed by atoms with Crippen molar-refractivity contribution in [3.05, 3.63) is 29.8 Å². The summed E-state index contributed by atoms with van der Waals surface area (Å²) in [6.07, 6.45) is 2.04. The van der Waals surface area contributed by atoms with Crippen molar-refractivity contribution in [2.45, 2.75) is 19.8 Å². The van der Waals surface area contributed by atoms with Gasteiger partial charge in [0.1, 0.15) is 5.75 Å². The standard InChI is InChI=1S/C21H31N3O4/c1-2-28-19-6-4-3-5-18(19)21(26)22-15-20(25)24-9-7-17(8-10-24)16-23-11-13-27-14-12-23/h3-6,17H,2,7-16H2,1H3,(H,22,26). The lowest BCUT2D eigenvalue weighted by Crippen LogP contribution is -2.46. The summed E-state index contributed by atoms with van der Waals surface area (Å²) in [5.74, 6) is 0.875. The van der Waals surface area contributed by atoms with Crippen LogP contribution in [-0.2, 0) is 9.53 Å². The summed E-state index contributed by atoms with van der Waals surface area (Å²) in [7, 11) is 0. The molecule has 0 aliphatic carbocycles. The molecular formula is C21H31N3O4. The molecule has 0 unspecified atom stereocenters. The SMILES string of the molecule is CCOc1ccccc1C(=O)NCC(=O)N1CCC(CN2CCOCC2)CC1. The highest BCUT2D eigenvalue weighted by atomic mass is 16.5. The number of nitrogens with zero attached hydrogens (tertiary/aromatic N) is 2. The Balaban J connectivity index is 1.41. The lowest BCUT2D eigenvalue weighted by atomic mass is 9.96. The minimum atomic E-state index is -0.278. The molecule has 3 rings (SSSR count). The highest BCUT2D eigenvalue weighted by Gasteiger charge is 2.25. The van der Waals surface area contributed by atoms with Crippen molar-refractivity contribution in [1.29, 1.82) is 0 Å². The zero-order chi connectivity index (χ0) is 19.8. The molecule has 1 aromatic carbocycles. The molecule has 0 spiro atoms. The first kappa shape index (κ1) is 20.6.